The van der Waals surface area contributed by atoms with Gasteiger partial charge < -0.3 is 15.4 Å². The van der Waals surface area contributed by atoms with Crippen LogP contribution in [0.3, 0.4) is 0 Å². The summed E-state index contributed by atoms with van der Waals surface area (Å²) in [5.41, 5.74) is 3.71. The van der Waals surface area contributed by atoms with Crippen LogP contribution in [0.15, 0.2) is 71.6 Å². The average molecular weight is 578 g/mol. The first-order valence-corrected chi connectivity index (χ1v) is 13.2. The van der Waals surface area contributed by atoms with Crippen molar-refractivity contribution in [2.24, 2.45) is 0 Å². The molecular weight excluding hydrogens is 554 g/mol. The molecule has 3 aromatic rings. The highest BCUT2D eigenvalue weighted by molar-refractivity contribution is 8.18. The van der Waals surface area contributed by atoms with Crippen LogP contribution in [0, 0.1) is 13.8 Å². The number of esters is 1. The number of thioether (sulfide) groups is 1. The number of carbonyl (C=O) groups excluding carboxylic acids is 5. The number of imide groups is 1. The van der Waals surface area contributed by atoms with Gasteiger partial charge in [0.05, 0.1) is 10.5 Å². The standard InChI is InChI=1S/C29H24ClN3O6S/c1-17-3-10-21(11-4-17)31-26(35)16-39-28(37)20-8-6-19(7-9-20)13-24-27(36)33(29(38)40-24)15-25(34)32-22-12-5-18(2)23(30)14-22/h3-14H,15-16H2,1-2H3,(H,31,35)(H,32,34)/b24-13+. The van der Waals surface area contributed by atoms with E-state index in [0.29, 0.717) is 33.7 Å². The van der Waals surface area contributed by atoms with Crippen molar-refractivity contribution in [1.82, 2.24) is 4.90 Å². The summed E-state index contributed by atoms with van der Waals surface area (Å²) in [5.74, 6) is -2.30. The number of benzene rings is 3. The molecule has 1 aliphatic rings. The maximum absolute atomic E-state index is 12.8. The van der Waals surface area contributed by atoms with Crippen LogP contribution in [0.25, 0.3) is 6.08 Å². The molecule has 204 valence electrons. The van der Waals surface area contributed by atoms with Gasteiger partial charge in [-0.1, -0.05) is 47.5 Å². The highest BCUT2D eigenvalue weighted by atomic mass is 35.5. The normalized spacial score (nSPS) is 13.9. The van der Waals surface area contributed by atoms with Gasteiger partial charge in [0, 0.05) is 16.4 Å². The Bertz CT molecular complexity index is 1520. The Morgan fingerprint density at radius 2 is 1.55 bits per heavy atom. The van der Waals surface area contributed by atoms with E-state index < -0.39 is 42.1 Å². The Morgan fingerprint density at radius 1 is 0.900 bits per heavy atom. The zero-order valence-corrected chi connectivity index (χ0v) is 23.1. The number of amides is 4. The van der Waals surface area contributed by atoms with E-state index in [1.807, 2.05) is 26.0 Å². The first-order chi connectivity index (χ1) is 19.1. The molecule has 1 saturated heterocycles. The van der Waals surface area contributed by atoms with Crippen LogP contribution in [-0.4, -0.2) is 47.0 Å². The predicted molar refractivity (Wildman–Crippen MR) is 154 cm³/mol. The van der Waals surface area contributed by atoms with Crippen molar-refractivity contribution in [3.63, 3.8) is 0 Å². The van der Waals surface area contributed by atoms with E-state index in [1.165, 1.54) is 18.2 Å². The maximum atomic E-state index is 12.8. The summed E-state index contributed by atoms with van der Waals surface area (Å²) in [6.07, 6.45) is 1.49. The summed E-state index contributed by atoms with van der Waals surface area (Å²) in [7, 11) is 0. The number of hydrogen-bond acceptors (Lipinski definition) is 7. The second kappa shape index (κ2) is 12.6. The fourth-order valence-corrected chi connectivity index (χ4v) is 4.59. The first kappa shape index (κ1) is 28.6. The predicted octanol–water partition coefficient (Wildman–Crippen LogP) is 5.43. The van der Waals surface area contributed by atoms with Gasteiger partial charge in [-0.3, -0.25) is 24.1 Å². The Morgan fingerprint density at radius 3 is 2.23 bits per heavy atom. The van der Waals surface area contributed by atoms with E-state index in [1.54, 1.807) is 42.5 Å². The van der Waals surface area contributed by atoms with Gasteiger partial charge >= 0.3 is 5.97 Å². The third-order valence-electron chi connectivity index (χ3n) is 5.74. The molecule has 0 atom stereocenters. The minimum absolute atomic E-state index is 0.138. The van der Waals surface area contributed by atoms with E-state index in [4.69, 9.17) is 16.3 Å². The summed E-state index contributed by atoms with van der Waals surface area (Å²) >= 11 is 6.79. The maximum Gasteiger partial charge on any atom is 0.338 e. The summed E-state index contributed by atoms with van der Waals surface area (Å²) in [6.45, 7) is 2.86. The number of nitrogens with zero attached hydrogens (tertiary/aromatic N) is 1. The number of hydrogen-bond donors (Lipinski definition) is 2. The lowest BCUT2D eigenvalue weighted by Gasteiger charge is -2.13. The van der Waals surface area contributed by atoms with Gasteiger partial charge in [0.2, 0.25) is 5.91 Å². The highest BCUT2D eigenvalue weighted by Crippen LogP contribution is 2.32. The molecule has 1 aliphatic heterocycles. The van der Waals surface area contributed by atoms with Crippen LogP contribution < -0.4 is 10.6 Å². The number of ether oxygens (including phenoxy) is 1. The molecule has 0 saturated carbocycles. The van der Waals surface area contributed by atoms with Gasteiger partial charge in [0.15, 0.2) is 6.61 Å². The van der Waals surface area contributed by atoms with Crippen LogP contribution in [-0.2, 0) is 19.1 Å². The monoisotopic (exact) mass is 577 g/mol. The molecule has 40 heavy (non-hydrogen) atoms. The zero-order chi connectivity index (χ0) is 28.8. The zero-order valence-electron chi connectivity index (χ0n) is 21.5. The molecule has 0 unspecified atom stereocenters. The molecule has 4 amide bonds. The van der Waals surface area contributed by atoms with Gasteiger partial charge in [-0.25, -0.2) is 4.79 Å². The quantitative estimate of drug-likeness (QED) is 0.270. The molecule has 3 aromatic carbocycles. The van der Waals surface area contributed by atoms with Gasteiger partial charge in [-0.2, -0.15) is 0 Å². The smallest absolute Gasteiger partial charge is 0.338 e. The molecule has 1 heterocycles. The molecule has 0 bridgehead atoms. The Labute approximate surface area is 239 Å². The van der Waals surface area contributed by atoms with Crippen molar-refractivity contribution >= 4 is 69.7 Å². The van der Waals surface area contributed by atoms with Crippen molar-refractivity contribution in [3.05, 3.63) is 98.9 Å². The average Bonchev–Trinajstić information content (AvgIpc) is 3.18. The Kier molecular flexibility index (Phi) is 9.03. The lowest BCUT2D eigenvalue weighted by atomic mass is 10.1. The van der Waals surface area contributed by atoms with Gasteiger partial charge in [-0.05, 0) is 79.2 Å². The molecule has 0 aliphatic carbocycles. The molecule has 0 radical (unpaired) electrons. The van der Waals surface area contributed by atoms with Crippen LogP contribution >= 0.6 is 23.4 Å². The minimum Gasteiger partial charge on any atom is -0.452 e. The minimum atomic E-state index is -0.688. The second-order valence-corrected chi connectivity index (χ2v) is 10.3. The molecule has 0 spiro atoms. The van der Waals surface area contributed by atoms with Gasteiger partial charge in [-0.15, -0.1) is 0 Å². The number of rotatable bonds is 8. The molecule has 11 heteroatoms. The number of halogens is 1. The Balaban J connectivity index is 1.31. The van der Waals surface area contributed by atoms with Crippen molar-refractivity contribution in [2.45, 2.75) is 13.8 Å². The van der Waals surface area contributed by atoms with Gasteiger partial charge in [0.25, 0.3) is 17.1 Å². The number of aryl methyl sites for hydroxylation is 2. The van der Waals surface area contributed by atoms with Crippen LogP contribution in [0.5, 0.6) is 0 Å². The topological polar surface area (TPSA) is 122 Å². The fraction of sp³-hybridized carbons (Fsp3) is 0.138. The second-order valence-electron chi connectivity index (χ2n) is 8.89. The molecular formula is C29H24ClN3O6S. The van der Waals surface area contributed by atoms with Crippen molar-refractivity contribution in [2.75, 3.05) is 23.8 Å². The van der Waals surface area contributed by atoms with Crippen molar-refractivity contribution in [1.29, 1.82) is 0 Å². The van der Waals surface area contributed by atoms with Crippen molar-refractivity contribution in [3.8, 4) is 0 Å². The number of carbonyl (C=O) groups is 5. The van der Waals surface area contributed by atoms with E-state index in [-0.39, 0.29) is 10.5 Å². The lowest BCUT2D eigenvalue weighted by Crippen LogP contribution is -2.36. The molecule has 0 aromatic heterocycles. The van der Waals surface area contributed by atoms with E-state index in [9.17, 15) is 24.0 Å². The van der Waals surface area contributed by atoms with E-state index in [0.717, 1.165) is 16.0 Å². The van der Waals surface area contributed by atoms with Crippen LogP contribution in [0.4, 0.5) is 16.2 Å². The van der Waals surface area contributed by atoms with Crippen LogP contribution in [0.1, 0.15) is 27.0 Å². The van der Waals surface area contributed by atoms with Gasteiger partial charge in [0.1, 0.15) is 6.54 Å². The van der Waals surface area contributed by atoms with Crippen molar-refractivity contribution < 1.29 is 28.7 Å². The largest absolute Gasteiger partial charge is 0.452 e. The summed E-state index contributed by atoms with van der Waals surface area (Å²) in [4.78, 5) is 63.0. The molecule has 2 N–H and O–H groups in total. The van der Waals surface area contributed by atoms with E-state index in [2.05, 4.69) is 10.6 Å². The lowest BCUT2D eigenvalue weighted by molar-refractivity contribution is -0.127. The van der Waals surface area contributed by atoms with E-state index >= 15 is 0 Å². The third kappa shape index (κ3) is 7.37. The molecule has 9 nitrogen and oxygen atoms in total. The first-order valence-electron chi connectivity index (χ1n) is 12.0. The molecule has 4 rings (SSSR count). The number of anilines is 2. The SMILES string of the molecule is Cc1ccc(NC(=O)COC(=O)c2ccc(/C=C3/SC(=O)N(CC(=O)Nc4ccc(C)c(Cl)c4)C3=O)cc2)cc1. The summed E-state index contributed by atoms with van der Waals surface area (Å²) < 4.78 is 5.07. The summed E-state index contributed by atoms with van der Waals surface area (Å²) in [5, 5.41) is 5.18. The highest BCUT2D eigenvalue weighted by Gasteiger charge is 2.36. The van der Waals surface area contributed by atoms with Crippen LogP contribution in [0.2, 0.25) is 5.02 Å². The number of nitrogens with one attached hydrogen (secondary N) is 2. The fourth-order valence-electron chi connectivity index (χ4n) is 3.57. The summed E-state index contributed by atoms with van der Waals surface area (Å²) in [6, 6.07) is 18.3. The Hall–Kier alpha value is -4.41. The third-order valence-corrected chi connectivity index (χ3v) is 7.06. The molecule has 1 fully saturated rings.